The number of carbonyl (C=O) groups excluding carboxylic acids is 8. The molecule has 2 aliphatic rings. The highest BCUT2D eigenvalue weighted by molar-refractivity contribution is 6.32. The van der Waals surface area contributed by atoms with E-state index >= 15 is 0 Å². The number of esters is 1. The molecule has 15 nitrogen and oxygen atoms in total. The van der Waals surface area contributed by atoms with Crippen LogP contribution >= 0.6 is 11.6 Å². The predicted molar refractivity (Wildman–Crippen MR) is 267 cm³/mol. The number of nitrogens with one attached hydrogen (secondary N) is 4. The summed E-state index contributed by atoms with van der Waals surface area (Å²) in [5.74, 6) is -3.24. The van der Waals surface area contributed by atoms with Gasteiger partial charge in [0.1, 0.15) is 41.6 Å². The Hall–Kier alpha value is -5.41. The Morgan fingerprint density at radius 3 is 2.17 bits per heavy atom. The molecular weight excluding hydrogens is 916 g/mol. The molecule has 0 saturated carbocycles. The van der Waals surface area contributed by atoms with Crippen LogP contribution in [0.25, 0.3) is 0 Å². The van der Waals surface area contributed by atoms with Gasteiger partial charge in [0.2, 0.25) is 23.6 Å². The minimum Gasteiger partial charge on any atom is -0.495 e. The van der Waals surface area contributed by atoms with Crippen molar-refractivity contribution in [2.75, 3.05) is 7.11 Å². The summed E-state index contributed by atoms with van der Waals surface area (Å²) in [7, 11) is 1.50. The van der Waals surface area contributed by atoms with Crippen LogP contribution in [0.2, 0.25) is 5.02 Å². The molecule has 0 radical (unpaired) electrons. The van der Waals surface area contributed by atoms with E-state index in [1.807, 2.05) is 58.9 Å². The van der Waals surface area contributed by atoms with Gasteiger partial charge in [-0.3, -0.25) is 28.8 Å². The summed E-state index contributed by atoms with van der Waals surface area (Å²) < 4.78 is 17.7. The van der Waals surface area contributed by atoms with Gasteiger partial charge in [0.05, 0.1) is 29.7 Å². The standard InChI is InChI=1S/C54H75ClN4O11/c1-30(2)26-43-52(66)69-45(16-13-17-47(63)58-42(28-37-21-25-46(68-11)41(55)27-37)51(65)57-35(8)54(9,10)53(67)59-43)33(6)48-49(70-48)38-22-18-36(19-23-38)20-24-44(62)34(7)56-50(64)40(31(3)4)29-39(61)15-12-14-32(5)60/h13,17-19,21-23,25,27,30-31,33-35,40,42-43,45,48-49H,12,14-16,20,24,26,28-29H2,1-11H3,(H,56,64)(H,57,65)(H,58,63)(H,59,67)/b17-13+/t33-,34-,35?,40-,42+,43-,45-,48+,49+/m0/s1. The lowest BCUT2D eigenvalue weighted by Gasteiger charge is -2.34. The topological polar surface area (TPSA) is 216 Å². The maximum Gasteiger partial charge on any atom is 0.328 e. The highest BCUT2D eigenvalue weighted by atomic mass is 35.5. The Balaban J connectivity index is 1.45. The number of amides is 4. The monoisotopic (exact) mass is 991 g/mol. The average molecular weight is 992 g/mol. The fraction of sp³-hybridized carbons (Fsp3) is 0.593. The molecular formula is C54H75ClN4O11. The van der Waals surface area contributed by atoms with Gasteiger partial charge >= 0.3 is 5.97 Å². The fourth-order valence-electron chi connectivity index (χ4n) is 8.41. The molecule has 384 valence electrons. The number of ether oxygens (including phenoxy) is 3. The highest BCUT2D eigenvalue weighted by Gasteiger charge is 2.48. The molecule has 70 heavy (non-hydrogen) atoms. The zero-order valence-electron chi connectivity index (χ0n) is 42.8. The number of halogens is 1. The summed E-state index contributed by atoms with van der Waals surface area (Å²) in [6, 6.07) is 9.32. The normalized spacial score (nSPS) is 23.7. The Morgan fingerprint density at radius 1 is 0.886 bits per heavy atom. The van der Waals surface area contributed by atoms with E-state index in [1.165, 1.54) is 20.1 Å². The number of benzene rings is 2. The Bertz CT molecular complexity index is 2220. The highest BCUT2D eigenvalue weighted by Crippen LogP contribution is 2.45. The van der Waals surface area contributed by atoms with Crippen molar-refractivity contribution in [3.8, 4) is 5.75 Å². The second kappa shape index (κ2) is 26.2. The summed E-state index contributed by atoms with van der Waals surface area (Å²) in [4.78, 5) is 106. The van der Waals surface area contributed by atoms with E-state index in [4.69, 9.17) is 25.8 Å². The van der Waals surface area contributed by atoms with E-state index in [0.29, 0.717) is 42.0 Å². The number of methoxy groups -OCH3 is 1. The second-order valence-corrected chi connectivity index (χ2v) is 20.8. The van der Waals surface area contributed by atoms with Crippen molar-refractivity contribution in [3.05, 3.63) is 76.3 Å². The minimum absolute atomic E-state index is 0.0125. The number of cyclic esters (lactones) is 1. The first-order valence-electron chi connectivity index (χ1n) is 24.6. The van der Waals surface area contributed by atoms with Gasteiger partial charge in [0, 0.05) is 56.4 Å². The van der Waals surface area contributed by atoms with Crippen LogP contribution in [-0.4, -0.2) is 90.4 Å². The molecule has 2 aromatic carbocycles. The second-order valence-electron chi connectivity index (χ2n) is 20.4. The minimum atomic E-state index is -1.19. The van der Waals surface area contributed by atoms with E-state index in [-0.39, 0.29) is 85.3 Å². The first-order chi connectivity index (χ1) is 32.9. The SMILES string of the molecule is COc1ccc(C[C@H]2NC(=O)/C=C/C[C@@H]([C@H](C)[C@H]3O[C@@H]3c3ccc(CCC(=O)[C@H](C)NC(=O)[C@@H](CC(=O)CCCC(C)=O)C(C)C)cc3)OC(=O)[C@H](CC(C)C)NC(=O)C(C)(C)C(C)NC2=O)cc1Cl. The number of carbonyl (C=O) groups is 8. The van der Waals surface area contributed by atoms with Crippen LogP contribution in [-0.2, 0) is 60.7 Å². The predicted octanol–water partition coefficient (Wildman–Crippen LogP) is 7.08. The van der Waals surface area contributed by atoms with E-state index in [0.717, 1.165) is 11.1 Å². The first-order valence-corrected chi connectivity index (χ1v) is 25.0. The molecule has 16 heteroatoms. The van der Waals surface area contributed by atoms with Crippen molar-refractivity contribution in [2.24, 2.45) is 29.1 Å². The van der Waals surface area contributed by atoms with Gasteiger partial charge in [-0.2, -0.15) is 0 Å². The molecule has 9 atom stereocenters. The lowest BCUT2D eigenvalue weighted by atomic mass is 9.83. The van der Waals surface area contributed by atoms with Crippen molar-refractivity contribution in [1.82, 2.24) is 21.3 Å². The molecule has 2 aliphatic heterocycles. The van der Waals surface area contributed by atoms with Crippen LogP contribution in [0.1, 0.15) is 137 Å². The fourth-order valence-corrected chi connectivity index (χ4v) is 8.69. The summed E-state index contributed by atoms with van der Waals surface area (Å²) in [5.41, 5.74) is 1.28. The molecule has 4 amide bonds. The number of Topliss-reactive ketones (excluding diaryl/α,β-unsaturated/α-hetero) is 3. The number of rotatable bonds is 21. The Kier molecular flexibility index (Phi) is 21.4. The zero-order chi connectivity index (χ0) is 52.0. The third-order valence-corrected chi connectivity index (χ3v) is 13.8. The van der Waals surface area contributed by atoms with Crippen molar-refractivity contribution < 1.29 is 52.6 Å². The van der Waals surface area contributed by atoms with Gasteiger partial charge < -0.3 is 40.3 Å². The van der Waals surface area contributed by atoms with Crippen LogP contribution in [0, 0.1) is 29.1 Å². The van der Waals surface area contributed by atoms with Crippen molar-refractivity contribution in [3.63, 3.8) is 0 Å². The molecule has 0 bridgehead atoms. The number of ketones is 3. The molecule has 4 N–H and O–H groups in total. The molecule has 1 fully saturated rings. The van der Waals surface area contributed by atoms with Gasteiger partial charge in [-0.1, -0.05) is 82.6 Å². The van der Waals surface area contributed by atoms with Gasteiger partial charge in [-0.15, -0.1) is 0 Å². The number of aryl methyl sites for hydroxylation is 1. The lowest BCUT2D eigenvalue weighted by Crippen LogP contribution is -2.58. The van der Waals surface area contributed by atoms with Gasteiger partial charge in [-0.05, 0) is 101 Å². The lowest BCUT2D eigenvalue weighted by molar-refractivity contribution is -0.157. The molecule has 4 rings (SSSR count). The molecule has 1 saturated heterocycles. The maximum absolute atomic E-state index is 14.0. The first kappa shape index (κ1) is 57.2. The van der Waals surface area contributed by atoms with E-state index in [2.05, 4.69) is 21.3 Å². The molecule has 0 spiro atoms. The van der Waals surface area contributed by atoms with Crippen LogP contribution in [0.4, 0.5) is 0 Å². The molecule has 2 heterocycles. The summed E-state index contributed by atoms with van der Waals surface area (Å²) in [6.07, 6.45) is 3.72. The summed E-state index contributed by atoms with van der Waals surface area (Å²) >= 11 is 6.40. The number of hydrogen-bond acceptors (Lipinski definition) is 11. The number of hydrogen-bond donors (Lipinski definition) is 4. The third kappa shape index (κ3) is 16.9. The van der Waals surface area contributed by atoms with Crippen LogP contribution in [0.5, 0.6) is 5.75 Å². The Labute approximate surface area is 418 Å². The maximum atomic E-state index is 14.0. The molecule has 0 aromatic heterocycles. The van der Waals surface area contributed by atoms with Gasteiger partial charge in [0.25, 0.3) is 0 Å². The van der Waals surface area contributed by atoms with E-state index < -0.39 is 65.3 Å². The number of epoxide rings is 1. The van der Waals surface area contributed by atoms with Crippen molar-refractivity contribution >= 4 is 58.5 Å². The van der Waals surface area contributed by atoms with E-state index in [9.17, 15) is 38.4 Å². The van der Waals surface area contributed by atoms with Gasteiger partial charge in [-0.25, -0.2) is 4.79 Å². The van der Waals surface area contributed by atoms with E-state index in [1.54, 1.807) is 52.0 Å². The largest absolute Gasteiger partial charge is 0.495 e. The zero-order valence-corrected chi connectivity index (χ0v) is 43.5. The van der Waals surface area contributed by atoms with Crippen molar-refractivity contribution in [1.29, 1.82) is 0 Å². The Morgan fingerprint density at radius 2 is 1.56 bits per heavy atom. The van der Waals surface area contributed by atoms with Crippen LogP contribution in [0.15, 0.2) is 54.6 Å². The molecule has 1 unspecified atom stereocenters. The molecule has 0 aliphatic carbocycles. The quantitative estimate of drug-likeness (QED) is 0.0732. The molecule has 2 aromatic rings. The summed E-state index contributed by atoms with van der Waals surface area (Å²) in [5, 5.41) is 11.8. The smallest absolute Gasteiger partial charge is 0.328 e. The van der Waals surface area contributed by atoms with Gasteiger partial charge in [0.15, 0.2) is 5.78 Å². The van der Waals surface area contributed by atoms with Crippen LogP contribution < -0.4 is 26.0 Å². The summed E-state index contributed by atoms with van der Waals surface area (Å²) in [6.45, 7) is 17.7. The van der Waals surface area contributed by atoms with Crippen LogP contribution in [0.3, 0.4) is 0 Å². The van der Waals surface area contributed by atoms with Crippen molar-refractivity contribution in [2.45, 2.75) is 170 Å². The third-order valence-electron chi connectivity index (χ3n) is 13.5. The average Bonchev–Trinajstić information content (AvgIpc) is 4.09.